The van der Waals surface area contributed by atoms with Crippen molar-refractivity contribution in [3.05, 3.63) is 65.9 Å². The minimum absolute atomic E-state index is 0.00894. The number of benzene rings is 3. The van der Waals surface area contributed by atoms with E-state index in [1.807, 2.05) is 31.7 Å². The number of rotatable bonds is 10. The van der Waals surface area contributed by atoms with Crippen LogP contribution in [-0.2, 0) is 30.4 Å². The lowest BCUT2D eigenvalue weighted by molar-refractivity contribution is -0.138. The number of hydrogen-bond acceptors (Lipinski definition) is 10. The van der Waals surface area contributed by atoms with Crippen LogP contribution in [0, 0.1) is 29.6 Å². The third kappa shape index (κ3) is 7.37. The van der Waals surface area contributed by atoms with Gasteiger partial charge in [-0.25, -0.2) is 19.6 Å². The molecule has 5 heterocycles. The molecule has 4 N–H and O–H groups in total. The van der Waals surface area contributed by atoms with Crippen molar-refractivity contribution in [1.82, 2.24) is 40.4 Å². The van der Waals surface area contributed by atoms with Gasteiger partial charge in [0.05, 0.1) is 55.3 Å². The molecule has 63 heavy (non-hydrogen) atoms. The number of H-pyrrole nitrogens is 2. The van der Waals surface area contributed by atoms with E-state index in [9.17, 15) is 19.2 Å². The number of aromatic nitrogens is 4. The normalized spacial score (nSPS) is 22.4. The highest BCUT2D eigenvalue weighted by atomic mass is 16.5. The lowest BCUT2D eigenvalue weighted by Gasteiger charge is -2.32. The minimum atomic E-state index is -0.958. The van der Waals surface area contributed by atoms with Gasteiger partial charge in [0.2, 0.25) is 11.8 Å². The van der Waals surface area contributed by atoms with E-state index in [-0.39, 0.29) is 41.7 Å². The van der Waals surface area contributed by atoms with Crippen molar-refractivity contribution >= 4 is 45.8 Å². The van der Waals surface area contributed by atoms with E-state index in [1.165, 1.54) is 21.3 Å². The van der Waals surface area contributed by atoms with Crippen LogP contribution in [0.1, 0.15) is 76.3 Å². The Hall–Kier alpha value is -6.60. The first-order valence-corrected chi connectivity index (χ1v) is 21.5. The molecule has 5 aromatic rings. The van der Waals surface area contributed by atoms with Crippen molar-refractivity contribution in [3.63, 3.8) is 0 Å². The monoisotopic (exact) mass is 856 g/mol. The number of carbonyl (C=O) groups excluding carboxylic acids is 4. The molecular formula is C47H52N8O8. The Balaban J connectivity index is 0.980. The molecule has 16 heteroatoms. The molecule has 2 fully saturated rings. The maximum Gasteiger partial charge on any atom is 0.407 e. The van der Waals surface area contributed by atoms with Crippen molar-refractivity contribution in [2.75, 3.05) is 27.9 Å². The van der Waals surface area contributed by atoms with Gasteiger partial charge in [-0.15, -0.1) is 5.92 Å². The zero-order chi connectivity index (χ0) is 44.3. The fourth-order valence-corrected chi connectivity index (χ4v) is 9.83. The molecular weight excluding hydrogens is 805 g/mol. The van der Waals surface area contributed by atoms with Crippen LogP contribution in [0.2, 0.25) is 0 Å². The van der Waals surface area contributed by atoms with E-state index < -0.39 is 36.4 Å². The highest BCUT2D eigenvalue weighted by Gasteiger charge is 2.49. The third-order valence-corrected chi connectivity index (χ3v) is 13.3. The van der Waals surface area contributed by atoms with Crippen LogP contribution in [0.3, 0.4) is 0 Å². The summed E-state index contributed by atoms with van der Waals surface area (Å²) >= 11 is 0. The van der Waals surface area contributed by atoms with E-state index >= 15 is 0 Å². The summed E-state index contributed by atoms with van der Waals surface area (Å²) in [5.74, 6) is 8.08. The Morgan fingerprint density at radius 2 is 1.68 bits per heavy atom. The second-order valence-corrected chi connectivity index (χ2v) is 17.3. The number of aromatic amines is 2. The minimum Gasteiger partial charge on any atom is -0.488 e. The second-order valence-electron chi connectivity index (χ2n) is 17.3. The van der Waals surface area contributed by atoms with Gasteiger partial charge in [-0.2, -0.15) is 0 Å². The van der Waals surface area contributed by atoms with Crippen molar-refractivity contribution < 1.29 is 38.1 Å². The maximum atomic E-state index is 14.1. The summed E-state index contributed by atoms with van der Waals surface area (Å²) in [4.78, 5) is 73.1. The number of imidazole rings is 2. The number of alkyl carbamates (subject to hydrolysis) is 2. The van der Waals surface area contributed by atoms with Gasteiger partial charge in [-0.05, 0) is 78.9 Å². The summed E-state index contributed by atoms with van der Waals surface area (Å²) in [6.45, 7) is 8.35. The topological polar surface area (TPSA) is 193 Å². The molecule has 4 amide bonds. The van der Waals surface area contributed by atoms with Gasteiger partial charge in [-0.3, -0.25) is 9.59 Å². The fraction of sp³-hybridized carbons (Fsp3) is 0.447. The fourth-order valence-electron chi connectivity index (χ4n) is 9.83. The molecule has 16 nitrogen and oxygen atoms in total. The number of methoxy groups -OCH3 is 3. The number of nitrogens with one attached hydrogen (secondary N) is 4. The number of nitrogens with zero attached hydrogens (tertiary/aromatic N) is 4. The summed E-state index contributed by atoms with van der Waals surface area (Å²) in [6, 6.07) is 12.2. The van der Waals surface area contributed by atoms with Crippen LogP contribution in [-0.4, -0.2) is 106 Å². The SMILES string of the molecule is COC(=O)N[C@H](C(=O)N1[C@@H](C)CC[C@H]1c1nc2c(ccc3cc4c(cc32)OCc2cc(-c3cnc([C@@H]5[C@@H]6CC#C[C@@H]6CN5C(=O)[C@@H](NC(=O)OC)[C@@H](C)OC)[nH]3)ccc2-4)[nH]1)C(C)C. The predicted molar refractivity (Wildman–Crippen MR) is 233 cm³/mol. The first kappa shape index (κ1) is 41.7. The lowest BCUT2D eigenvalue weighted by Crippen LogP contribution is -2.54. The van der Waals surface area contributed by atoms with Gasteiger partial charge >= 0.3 is 12.2 Å². The van der Waals surface area contributed by atoms with E-state index in [0.29, 0.717) is 31.2 Å². The highest BCUT2D eigenvalue weighted by Crippen LogP contribution is 2.46. The molecule has 4 aliphatic rings. The van der Waals surface area contributed by atoms with E-state index in [0.717, 1.165) is 68.3 Å². The van der Waals surface area contributed by atoms with E-state index in [2.05, 4.69) is 68.8 Å². The number of hydrogen-bond donors (Lipinski definition) is 4. The second kappa shape index (κ2) is 16.6. The first-order valence-electron chi connectivity index (χ1n) is 21.5. The highest BCUT2D eigenvalue weighted by molar-refractivity contribution is 6.07. The molecule has 3 aliphatic heterocycles. The maximum absolute atomic E-state index is 14.1. The van der Waals surface area contributed by atoms with E-state index in [4.69, 9.17) is 28.9 Å². The Morgan fingerprint density at radius 1 is 0.905 bits per heavy atom. The Kier molecular flexibility index (Phi) is 11.0. The summed E-state index contributed by atoms with van der Waals surface area (Å²) in [5.41, 5.74) is 6.44. The quantitative estimate of drug-likeness (QED) is 0.115. The van der Waals surface area contributed by atoms with Gasteiger partial charge in [0.15, 0.2) is 0 Å². The van der Waals surface area contributed by atoms with Gasteiger partial charge in [0, 0.05) is 48.9 Å². The van der Waals surface area contributed by atoms with Crippen LogP contribution in [0.25, 0.3) is 44.2 Å². The lowest BCUT2D eigenvalue weighted by atomic mass is 9.92. The molecule has 9 rings (SSSR count). The van der Waals surface area contributed by atoms with Gasteiger partial charge in [0.1, 0.15) is 36.1 Å². The molecule has 1 aliphatic carbocycles. The zero-order valence-corrected chi connectivity index (χ0v) is 36.4. The molecule has 0 saturated carbocycles. The molecule has 3 aromatic carbocycles. The first-order chi connectivity index (χ1) is 30.4. The summed E-state index contributed by atoms with van der Waals surface area (Å²) in [7, 11) is 4.05. The molecule has 8 atom stereocenters. The molecule has 2 saturated heterocycles. The van der Waals surface area contributed by atoms with Gasteiger partial charge < -0.3 is 49.3 Å². The van der Waals surface area contributed by atoms with Crippen LogP contribution in [0.4, 0.5) is 9.59 Å². The Labute approximate surface area is 364 Å². The molecule has 328 valence electrons. The molecule has 0 unspecified atom stereocenters. The number of fused-ring (bicyclic) bond motifs is 7. The molecule has 0 bridgehead atoms. The Morgan fingerprint density at radius 3 is 2.43 bits per heavy atom. The van der Waals surface area contributed by atoms with Crippen LogP contribution in [0.5, 0.6) is 5.75 Å². The number of amides is 4. The van der Waals surface area contributed by atoms with Crippen LogP contribution in [0.15, 0.2) is 48.7 Å². The summed E-state index contributed by atoms with van der Waals surface area (Å²) in [6.07, 6.45) is 2.03. The standard InChI is InChI=1S/C47H52N8O8/c1-23(2)38(52-46(58)61-6)45(57)55-24(3)11-16-36(55)42-49-34-15-13-26-18-33-30-14-12-27(17-29(30)22-63-37(33)19-32(26)40(34)51-42)35-20-48-43(50-35)41-31-10-8-9-28(31)21-54(41)44(56)39(25(4)60-5)53-47(59)62-7/h12-15,17-20,23-25,28,31,36,38-39,41H,10-11,16,21-22H2,1-7H3,(H,48,50)(H,49,51)(H,52,58)(H,53,59)/t24-,25+,28+,31+,36-,38-,39-,41-/m0/s1. The average molecular weight is 857 g/mol. The van der Waals surface area contributed by atoms with E-state index in [1.54, 1.807) is 18.0 Å². The average Bonchev–Trinajstić information content (AvgIpc) is 4.14. The smallest absolute Gasteiger partial charge is 0.407 e. The summed E-state index contributed by atoms with van der Waals surface area (Å²) < 4.78 is 21.6. The van der Waals surface area contributed by atoms with Crippen molar-refractivity contribution in [1.29, 1.82) is 0 Å². The summed E-state index contributed by atoms with van der Waals surface area (Å²) in [5, 5.41) is 7.34. The number of likely N-dealkylation sites (tertiary alicyclic amines) is 2. The molecule has 0 spiro atoms. The van der Waals surface area contributed by atoms with Crippen molar-refractivity contribution in [3.8, 4) is 40.0 Å². The van der Waals surface area contributed by atoms with Crippen molar-refractivity contribution in [2.45, 2.75) is 89.9 Å². The largest absolute Gasteiger partial charge is 0.488 e. The van der Waals surface area contributed by atoms with Crippen LogP contribution < -0.4 is 15.4 Å². The van der Waals surface area contributed by atoms with Gasteiger partial charge in [-0.1, -0.05) is 38.0 Å². The molecule has 2 aromatic heterocycles. The number of carbonyl (C=O) groups is 4. The molecule has 0 radical (unpaired) electrons. The third-order valence-electron chi connectivity index (χ3n) is 13.3. The Bertz CT molecular complexity index is 2700. The van der Waals surface area contributed by atoms with Crippen LogP contribution >= 0.6 is 0 Å². The van der Waals surface area contributed by atoms with Crippen molar-refractivity contribution in [2.24, 2.45) is 17.8 Å². The predicted octanol–water partition coefficient (Wildman–Crippen LogP) is 6.38. The van der Waals surface area contributed by atoms with Gasteiger partial charge in [0.25, 0.3) is 0 Å². The zero-order valence-electron chi connectivity index (χ0n) is 36.4. The number of ether oxygens (including phenoxy) is 4.